The number of carbonyl (C=O) groups is 1. The van der Waals surface area contributed by atoms with Crippen molar-refractivity contribution < 1.29 is 4.79 Å². The zero-order chi connectivity index (χ0) is 13.0. The van der Waals surface area contributed by atoms with Crippen molar-refractivity contribution in [1.29, 1.82) is 0 Å². The molecule has 3 nitrogen and oxygen atoms in total. The van der Waals surface area contributed by atoms with E-state index in [0.717, 1.165) is 23.6 Å². The molecule has 2 heterocycles. The molecular weight excluding hydrogens is 264 g/mol. The van der Waals surface area contributed by atoms with E-state index in [0.29, 0.717) is 18.2 Å². The van der Waals surface area contributed by atoms with Gasteiger partial charge in [0, 0.05) is 29.5 Å². The Morgan fingerprint density at radius 1 is 1.61 bits per heavy atom. The third-order valence-corrected chi connectivity index (χ3v) is 6.04. The largest absolute Gasteiger partial charge is 0.298 e. The fourth-order valence-electron chi connectivity index (χ4n) is 1.87. The van der Waals surface area contributed by atoms with Gasteiger partial charge in [-0.2, -0.15) is 16.9 Å². The quantitative estimate of drug-likeness (QED) is 0.833. The van der Waals surface area contributed by atoms with Crippen LogP contribution in [0.5, 0.6) is 0 Å². The van der Waals surface area contributed by atoms with Gasteiger partial charge < -0.3 is 0 Å². The molecular formula is C13H20N2OS2. The van der Waals surface area contributed by atoms with Crippen LogP contribution in [0.15, 0.2) is 12.3 Å². The summed E-state index contributed by atoms with van der Waals surface area (Å²) in [5, 5.41) is 4.67. The van der Waals surface area contributed by atoms with Gasteiger partial charge in [0.15, 0.2) is 5.78 Å². The lowest BCUT2D eigenvalue weighted by Gasteiger charge is -2.19. The van der Waals surface area contributed by atoms with Crippen molar-refractivity contribution in [2.24, 2.45) is 0 Å². The van der Waals surface area contributed by atoms with E-state index >= 15 is 0 Å². The Bertz CT molecular complexity index is 399. The summed E-state index contributed by atoms with van der Waals surface area (Å²) >= 11 is 3.69. The van der Waals surface area contributed by atoms with Crippen LogP contribution in [-0.4, -0.2) is 38.1 Å². The first-order chi connectivity index (χ1) is 8.70. The predicted octanol–water partition coefficient (Wildman–Crippen LogP) is 2.81. The standard InChI is InChI=1S/C13H20N2OS2/c1-3-10(2)15-5-4-11(14-15)8-12(16)13-9-17-6-7-18-13/h4-5,10,13H,3,6-9H2,1-2H3. The topological polar surface area (TPSA) is 34.9 Å². The Morgan fingerprint density at radius 2 is 2.44 bits per heavy atom. The molecule has 0 aromatic carbocycles. The van der Waals surface area contributed by atoms with Crippen LogP contribution in [0.25, 0.3) is 0 Å². The van der Waals surface area contributed by atoms with Gasteiger partial charge in [-0.15, -0.1) is 11.8 Å². The lowest BCUT2D eigenvalue weighted by molar-refractivity contribution is -0.117. The highest BCUT2D eigenvalue weighted by Gasteiger charge is 2.22. The van der Waals surface area contributed by atoms with Gasteiger partial charge in [0.25, 0.3) is 0 Å². The van der Waals surface area contributed by atoms with Crippen LogP contribution < -0.4 is 0 Å². The average Bonchev–Trinajstić information content (AvgIpc) is 2.87. The van der Waals surface area contributed by atoms with E-state index in [2.05, 4.69) is 18.9 Å². The van der Waals surface area contributed by atoms with Crippen molar-refractivity contribution in [2.75, 3.05) is 17.3 Å². The molecule has 0 spiro atoms. The fraction of sp³-hybridized carbons (Fsp3) is 0.692. The molecule has 2 unspecified atom stereocenters. The third-order valence-electron chi connectivity index (χ3n) is 3.24. The summed E-state index contributed by atoms with van der Waals surface area (Å²) in [6, 6.07) is 2.39. The summed E-state index contributed by atoms with van der Waals surface area (Å²) in [7, 11) is 0. The minimum Gasteiger partial charge on any atom is -0.298 e. The second-order valence-electron chi connectivity index (χ2n) is 4.62. The molecule has 0 aliphatic carbocycles. The van der Waals surface area contributed by atoms with Gasteiger partial charge in [0.1, 0.15) is 0 Å². The first-order valence-electron chi connectivity index (χ1n) is 6.46. The van der Waals surface area contributed by atoms with Crippen molar-refractivity contribution in [3.63, 3.8) is 0 Å². The Kier molecular flexibility index (Phi) is 5.18. The Hall–Kier alpha value is -0.420. The number of thioether (sulfide) groups is 2. The number of aromatic nitrogens is 2. The fourth-order valence-corrected chi connectivity index (χ4v) is 4.52. The van der Waals surface area contributed by atoms with Crippen LogP contribution in [0.1, 0.15) is 32.0 Å². The lowest BCUT2D eigenvalue weighted by atomic mass is 10.2. The molecule has 0 N–H and O–H groups in total. The molecule has 0 amide bonds. The Morgan fingerprint density at radius 3 is 3.11 bits per heavy atom. The minimum atomic E-state index is 0.178. The Balaban J connectivity index is 1.92. The maximum Gasteiger partial charge on any atom is 0.152 e. The zero-order valence-corrected chi connectivity index (χ0v) is 12.6. The highest BCUT2D eigenvalue weighted by atomic mass is 32.2. The van der Waals surface area contributed by atoms with Gasteiger partial charge in [0.2, 0.25) is 0 Å². The maximum absolute atomic E-state index is 12.1. The third kappa shape index (κ3) is 3.54. The smallest absolute Gasteiger partial charge is 0.152 e. The molecule has 2 rings (SSSR count). The second kappa shape index (κ2) is 6.66. The minimum absolute atomic E-state index is 0.178. The first-order valence-corrected chi connectivity index (χ1v) is 8.67. The summed E-state index contributed by atoms with van der Waals surface area (Å²) in [5.74, 6) is 3.58. The van der Waals surface area contributed by atoms with Crippen LogP contribution in [0.2, 0.25) is 0 Å². The Labute approximate surface area is 117 Å². The number of ketones is 1. The average molecular weight is 284 g/mol. The van der Waals surface area contributed by atoms with Crippen LogP contribution in [0.4, 0.5) is 0 Å². The maximum atomic E-state index is 12.1. The van der Waals surface area contributed by atoms with E-state index in [1.165, 1.54) is 5.75 Å². The van der Waals surface area contributed by atoms with Crippen LogP contribution in [0, 0.1) is 0 Å². The van der Waals surface area contributed by atoms with Gasteiger partial charge >= 0.3 is 0 Å². The summed E-state index contributed by atoms with van der Waals surface area (Å²) in [5.41, 5.74) is 0.913. The van der Waals surface area contributed by atoms with Crippen molar-refractivity contribution in [1.82, 2.24) is 9.78 Å². The summed E-state index contributed by atoms with van der Waals surface area (Å²) < 4.78 is 1.96. The second-order valence-corrected chi connectivity index (χ2v) is 7.08. The van der Waals surface area contributed by atoms with Gasteiger partial charge in [-0.25, -0.2) is 0 Å². The van der Waals surface area contributed by atoms with E-state index in [4.69, 9.17) is 0 Å². The molecule has 0 bridgehead atoms. The van der Waals surface area contributed by atoms with E-state index in [9.17, 15) is 4.79 Å². The summed E-state index contributed by atoms with van der Waals surface area (Å²) in [6.07, 6.45) is 3.53. The van der Waals surface area contributed by atoms with Crippen molar-refractivity contribution in [2.45, 2.75) is 38.0 Å². The van der Waals surface area contributed by atoms with E-state index in [1.54, 1.807) is 11.8 Å². The number of nitrogens with zero attached hydrogens (tertiary/aromatic N) is 2. The van der Waals surface area contributed by atoms with E-state index in [-0.39, 0.29) is 5.25 Å². The monoisotopic (exact) mass is 284 g/mol. The van der Waals surface area contributed by atoms with E-state index in [1.807, 2.05) is 28.7 Å². The molecule has 1 aromatic rings. The van der Waals surface area contributed by atoms with Gasteiger partial charge in [-0.05, 0) is 19.4 Å². The molecule has 5 heteroatoms. The first kappa shape index (κ1) is 14.0. The molecule has 1 aromatic heterocycles. The normalized spacial score (nSPS) is 21.8. The van der Waals surface area contributed by atoms with Gasteiger partial charge in [-0.1, -0.05) is 6.92 Å². The lowest BCUT2D eigenvalue weighted by Crippen LogP contribution is -2.26. The summed E-state index contributed by atoms with van der Waals surface area (Å²) in [4.78, 5) is 12.1. The molecule has 2 atom stereocenters. The van der Waals surface area contributed by atoms with E-state index < -0.39 is 0 Å². The molecule has 0 radical (unpaired) electrons. The number of Topliss-reactive ketones (excluding diaryl/α,β-unsaturated/α-hetero) is 1. The van der Waals surface area contributed by atoms with Gasteiger partial charge in [-0.3, -0.25) is 9.48 Å². The number of hydrogen-bond acceptors (Lipinski definition) is 4. The zero-order valence-electron chi connectivity index (χ0n) is 11.0. The van der Waals surface area contributed by atoms with Gasteiger partial charge in [0.05, 0.1) is 17.4 Å². The molecule has 1 saturated heterocycles. The van der Waals surface area contributed by atoms with Crippen molar-refractivity contribution >= 4 is 29.3 Å². The van der Waals surface area contributed by atoms with Crippen molar-refractivity contribution in [3.05, 3.63) is 18.0 Å². The SMILES string of the molecule is CCC(C)n1ccc(CC(=O)C2CSCCS2)n1. The molecule has 100 valence electrons. The summed E-state index contributed by atoms with van der Waals surface area (Å²) in [6.45, 7) is 4.29. The molecule has 1 aliphatic rings. The van der Waals surface area contributed by atoms with Crippen LogP contribution in [0.3, 0.4) is 0 Å². The number of rotatable bonds is 5. The predicted molar refractivity (Wildman–Crippen MR) is 79.5 cm³/mol. The van der Waals surface area contributed by atoms with Crippen LogP contribution >= 0.6 is 23.5 Å². The highest BCUT2D eigenvalue weighted by Crippen LogP contribution is 2.25. The molecule has 1 aliphatic heterocycles. The van der Waals surface area contributed by atoms with Crippen LogP contribution in [-0.2, 0) is 11.2 Å². The highest BCUT2D eigenvalue weighted by molar-refractivity contribution is 8.07. The molecule has 0 saturated carbocycles. The number of hydrogen-bond donors (Lipinski definition) is 0. The van der Waals surface area contributed by atoms with Crippen molar-refractivity contribution in [3.8, 4) is 0 Å². The molecule has 1 fully saturated rings. The number of carbonyl (C=O) groups excluding carboxylic acids is 1. The molecule has 18 heavy (non-hydrogen) atoms.